The van der Waals surface area contributed by atoms with Crippen LogP contribution < -0.4 is 21.9 Å². The second-order valence-electron chi connectivity index (χ2n) is 7.51. The fourth-order valence-corrected chi connectivity index (χ4v) is 3.54. The molecule has 1 atom stereocenters. The van der Waals surface area contributed by atoms with Crippen molar-refractivity contribution in [3.63, 3.8) is 0 Å². The summed E-state index contributed by atoms with van der Waals surface area (Å²) in [7, 11) is 0. The van der Waals surface area contributed by atoms with Gasteiger partial charge in [-0.1, -0.05) is 16.8 Å². The molecule has 0 saturated heterocycles. The molecule has 2 heterocycles. The Balaban J connectivity index is 1.53. The molecule has 33 heavy (non-hydrogen) atoms. The zero-order valence-electron chi connectivity index (χ0n) is 17.1. The van der Waals surface area contributed by atoms with Crippen LogP contribution in [0.25, 0.3) is 0 Å². The summed E-state index contributed by atoms with van der Waals surface area (Å²) in [5, 5.41) is 28.0. The van der Waals surface area contributed by atoms with Crippen molar-refractivity contribution in [2.45, 2.75) is 30.8 Å². The first-order chi connectivity index (χ1) is 15.8. The molecule has 1 aliphatic rings. The maximum absolute atomic E-state index is 13.1. The molecule has 1 aliphatic carbocycles. The van der Waals surface area contributed by atoms with Crippen LogP contribution in [0.15, 0.2) is 41.3 Å². The number of hydrogen-bond acceptors (Lipinski definition) is 8. The highest BCUT2D eigenvalue weighted by molar-refractivity contribution is 6.33. The summed E-state index contributed by atoms with van der Waals surface area (Å²) in [6.45, 7) is 0. The quantitative estimate of drug-likeness (QED) is 0.363. The minimum absolute atomic E-state index is 0.00171. The van der Waals surface area contributed by atoms with E-state index in [1.807, 2.05) is 6.07 Å². The SMILES string of the molecule is N#CC(Cc1nn[nH]n1)NC(=O)C1(n2cccc(NC(=O)c3ccc(N)c(Cl)c3)c2=O)CC1. The van der Waals surface area contributed by atoms with Gasteiger partial charge in [0.1, 0.15) is 17.3 Å². The Morgan fingerprint density at radius 2 is 2.15 bits per heavy atom. The molecule has 4 rings (SSSR count). The number of nitrogens with zero attached hydrogens (tertiary/aromatic N) is 5. The van der Waals surface area contributed by atoms with Crippen LogP contribution in [0.2, 0.25) is 5.02 Å². The van der Waals surface area contributed by atoms with Crippen LogP contribution in [0.1, 0.15) is 29.0 Å². The Hall–Kier alpha value is -4.24. The van der Waals surface area contributed by atoms with E-state index in [4.69, 9.17) is 17.3 Å². The topological polar surface area (TPSA) is 184 Å². The molecule has 168 valence electrons. The molecule has 0 spiro atoms. The number of nitrogens with two attached hydrogens (primary N) is 1. The van der Waals surface area contributed by atoms with E-state index in [2.05, 4.69) is 31.3 Å². The lowest BCUT2D eigenvalue weighted by molar-refractivity contribution is -0.126. The molecule has 1 fully saturated rings. The van der Waals surface area contributed by atoms with Gasteiger partial charge in [-0.25, -0.2) is 0 Å². The summed E-state index contributed by atoms with van der Waals surface area (Å²) in [5.74, 6) is -0.754. The predicted octanol–water partition coefficient (Wildman–Crippen LogP) is 0.589. The molecule has 0 aliphatic heterocycles. The highest BCUT2D eigenvalue weighted by Crippen LogP contribution is 2.43. The van der Waals surface area contributed by atoms with E-state index < -0.39 is 29.0 Å². The first-order valence-electron chi connectivity index (χ1n) is 9.85. The van der Waals surface area contributed by atoms with E-state index >= 15 is 0 Å². The molecule has 1 unspecified atom stereocenters. The van der Waals surface area contributed by atoms with Crippen LogP contribution >= 0.6 is 11.6 Å². The number of H-pyrrole nitrogens is 1. The van der Waals surface area contributed by atoms with E-state index in [0.29, 0.717) is 18.5 Å². The van der Waals surface area contributed by atoms with Crippen LogP contribution in [-0.4, -0.2) is 43.0 Å². The number of anilines is 2. The van der Waals surface area contributed by atoms with Crippen LogP contribution in [0.5, 0.6) is 0 Å². The number of nitriles is 1. The summed E-state index contributed by atoms with van der Waals surface area (Å²) in [6.07, 6.45) is 2.35. The first kappa shape index (κ1) is 22.0. The lowest BCUT2D eigenvalue weighted by atomic mass is 10.1. The number of benzene rings is 1. The number of halogens is 1. The second-order valence-corrected chi connectivity index (χ2v) is 7.91. The third kappa shape index (κ3) is 4.39. The van der Waals surface area contributed by atoms with Gasteiger partial charge in [-0.05, 0) is 43.2 Å². The third-order valence-electron chi connectivity index (χ3n) is 5.30. The number of aromatic nitrogens is 5. The lowest BCUT2D eigenvalue weighted by Gasteiger charge is -2.21. The van der Waals surface area contributed by atoms with Gasteiger partial charge in [0.25, 0.3) is 11.5 Å². The summed E-state index contributed by atoms with van der Waals surface area (Å²) < 4.78 is 1.27. The minimum atomic E-state index is -1.14. The maximum atomic E-state index is 13.1. The number of hydrogen-bond donors (Lipinski definition) is 4. The number of tetrazole rings is 1. The molecule has 0 bridgehead atoms. The smallest absolute Gasteiger partial charge is 0.275 e. The van der Waals surface area contributed by atoms with Gasteiger partial charge in [0.15, 0.2) is 5.82 Å². The van der Waals surface area contributed by atoms with E-state index in [1.165, 1.54) is 35.0 Å². The van der Waals surface area contributed by atoms with E-state index in [9.17, 15) is 19.6 Å². The van der Waals surface area contributed by atoms with E-state index in [0.717, 1.165) is 0 Å². The molecule has 2 amide bonds. The number of amides is 2. The van der Waals surface area contributed by atoms with Crippen LogP contribution in [0.4, 0.5) is 11.4 Å². The van der Waals surface area contributed by atoms with Crippen LogP contribution in [-0.2, 0) is 16.8 Å². The van der Waals surface area contributed by atoms with Crippen molar-refractivity contribution in [2.75, 3.05) is 11.1 Å². The summed E-state index contributed by atoms with van der Waals surface area (Å²) >= 11 is 5.97. The van der Waals surface area contributed by atoms with Gasteiger partial charge in [0.2, 0.25) is 5.91 Å². The van der Waals surface area contributed by atoms with Gasteiger partial charge >= 0.3 is 0 Å². The molecule has 2 aromatic heterocycles. The molecule has 1 aromatic carbocycles. The average molecular weight is 468 g/mol. The molecule has 12 nitrogen and oxygen atoms in total. The van der Waals surface area contributed by atoms with Gasteiger partial charge in [-0.2, -0.15) is 10.5 Å². The van der Waals surface area contributed by atoms with Crippen LogP contribution in [0, 0.1) is 11.3 Å². The first-order valence-corrected chi connectivity index (χ1v) is 10.2. The second kappa shape index (κ2) is 8.71. The van der Waals surface area contributed by atoms with Gasteiger partial charge in [-0.15, -0.1) is 10.2 Å². The van der Waals surface area contributed by atoms with Gasteiger partial charge in [0, 0.05) is 18.2 Å². The number of pyridine rings is 1. The summed E-state index contributed by atoms with van der Waals surface area (Å²) in [6, 6.07) is 8.46. The number of aromatic amines is 1. The van der Waals surface area contributed by atoms with Gasteiger partial charge in [0.05, 0.1) is 16.8 Å². The number of carbonyl (C=O) groups is 2. The van der Waals surface area contributed by atoms with Crippen molar-refractivity contribution in [3.8, 4) is 6.07 Å². The van der Waals surface area contributed by atoms with Gasteiger partial charge < -0.3 is 16.4 Å². The lowest BCUT2D eigenvalue weighted by Crippen LogP contribution is -2.47. The van der Waals surface area contributed by atoms with Crippen molar-refractivity contribution in [1.29, 1.82) is 5.26 Å². The van der Waals surface area contributed by atoms with Crippen molar-refractivity contribution in [1.82, 2.24) is 30.5 Å². The fraction of sp³-hybridized carbons (Fsp3) is 0.250. The highest BCUT2D eigenvalue weighted by Gasteiger charge is 2.53. The fourth-order valence-electron chi connectivity index (χ4n) is 3.36. The van der Waals surface area contributed by atoms with Crippen molar-refractivity contribution in [3.05, 3.63) is 63.3 Å². The largest absolute Gasteiger partial charge is 0.398 e. The molecule has 3 aromatic rings. The van der Waals surface area contributed by atoms with Crippen molar-refractivity contribution >= 4 is 34.8 Å². The number of nitrogens with one attached hydrogen (secondary N) is 3. The highest BCUT2D eigenvalue weighted by atomic mass is 35.5. The summed E-state index contributed by atoms with van der Waals surface area (Å²) in [4.78, 5) is 38.7. The number of carbonyl (C=O) groups excluding carboxylic acids is 2. The van der Waals surface area contributed by atoms with E-state index in [1.54, 1.807) is 6.07 Å². The minimum Gasteiger partial charge on any atom is -0.398 e. The normalized spacial score (nSPS) is 14.7. The molecular weight excluding hydrogens is 450 g/mol. The number of rotatable bonds is 7. The van der Waals surface area contributed by atoms with Crippen LogP contribution in [0.3, 0.4) is 0 Å². The predicted molar refractivity (Wildman–Crippen MR) is 117 cm³/mol. The Labute approximate surface area is 191 Å². The molecule has 1 saturated carbocycles. The molecular formula is C20H18ClN9O3. The molecule has 0 radical (unpaired) electrons. The Kier molecular flexibility index (Phi) is 5.80. The third-order valence-corrected chi connectivity index (χ3v) is 5.63. The Bertz CT molecular complexity index is 1310. The monoisotopic (exact) mass is 467 g/mol. The standard InChI is InChI=1S/C20H18ClN9O3/c21-13-8-11(3-4-14(13)23)17(31)25-15-2-1-7-30(18(15)32)20(5-6-20)19(33)24-12(10-22)9-16-26-28-29-27-16/h1-4,7-8,12H,5-6,9,23H2,(H,24,33)(H,25,31)(H,26,27,28,29). The van der Waals surface area contributed by atoms with E-state index in [-0.39, 0.29) is 28.5 Å². The average Bonchev–Trinajstić information content (AvgIpc) is 3.45. The van der Waals surface area contributed by atoms with Crippen molar-refractivity contribution < 1.29 is 9.59 Å². The van der Waals surface area contributed by atoms with Gasteiger partial charge in [-0.3, -0.25) is 19.0 Å². The zero-order chi connectivity index (χ0) is 23.6. The van der Waals surface area contributed by atoms with Crippen molar-refractivity contribution in [2.24, 2.45) is 0 Å². The Morgan fingerprint density at radius 1 is 1.36 bits per heavy atom. The Morgan fingerprint density at radius 3 is 2.79 bits per heavy atom. The zero-order valence-corrected chi connectivity index (χ0v) is 17.8. The number of nitrogen functional groups attached to an aromatic ring is 1. The maximum Gasteiger partial charge on any atom is 0.275 e. The summed E-state index contributed by atoms with van der Waals surface area (Å²) in [5.41, 5.74) is 4.52. The molecule has 13 heteroatoms. The molecule has 5 N–H and O–H groups in total.